The molecule has 0 radical (unpaired) electrons. The van der Waals surface area contributed by atoms with Gasteiger partial charge in [-0.2, -0.15) is 13.2 Å². The van der Waals surface area contributed by atoms with Crippen LogP contribution in [0.25, 0.3) is 0 Å². The highest BCUT2D eigenvalue weighted by atomic mass is 19.4. The highest BCUT2D eigenvalue weighted by Crippen LogP contribution is 2.30. The number of aryl methyl sites for hydroxylation is 1. The molecule has 0 bridgehead atoms. The van der Waals surface area contributed by atoms with Crippen LogP contribution in [0.1, 0.15) is 29.2 Å². The van der Waals surface area contributed by atoms with Crippen LogP contribution in [-0.4, -0.2) is 35.4 Å². The lowest BCUT2D eigenvalue weighted by atomic mass is 9.93. The van der Waals surface area contributed by atoms with Crippen molar-refractivity contribution in [3.05, 3.63) is 65.2 Å². The molecule has 7 heteroatoms. The summed E-state index contributed by atoms with van der Waals surface area (Å²) in [6.07, 6.45) is -4.57. The number of rotatable bonds is 4. The van der Waals surface area contributed by atoms with Gasteiger partial charge in [-0.05, 0) is 41.7 Å². The number of carbonyl (C=O) groups is 1. The van der Waals surface area contributed by atoms with Gasteiger partial charge in [-0.25, -0.2) is 4.79 Å². The first-order valence-corrected chi connectivity index (χ1v) is 8.79. The van der Waals surface area contributed by atoms with Gasteiger partial charge < -0.3 is 15.3 Å². The summed E-state index contributed by atoms with van der Waals surface area (Å²) in [6, 6.07) is 13.3. The van der Waals surface area contributed by atoms with Crippen molar-refractivity contribution in [3.8, 4) is 0 Å². The summed E-state index contributed by atoms with van der Waals surface area (Å²) in [5.41, 5.74) is 2.97. The first-order valence-electron chi connectivity index (χ1n) is 8.79. The zero-order valence-corrected chi connectivity index (χ0v) is 14.7. The van der Waals surface area contributed by atoms with Crippen LogP contribution in [-0.2, 0) is 12.8 Å². The van der Waals surface area contributed by atoms with Gasteiger partial charge in [-0.15, -0.1) is 0 Å². The Balaban J connectivity index is 1.70. The molecule has 0 spiro atoms. The molecule has 0 saturated carbocycles. The molecule has 1 unspecified atom stereocenters. The number of carbonyl (C=O) groups excluding carboxylic acids is 1. The van der Waals surface area contributed by atoms with Crippen molar-refractivity contribution in [2.45, 2.75) is 31.5 Å². The Bertz CT molecular complexity index is 808. The van der Waals surface area contributed by atoms with E-state index in [9.17, 15) is 23.1 Å². The second kappa shape index (κ2) is 8.00. The smallest absolute Gasteiger partial charge is 0.389 e. The van der Waals surface area contributed by atoms with E-state index in [4.69, 9.17) is 0 Å². The van der Waals surface area contributed by atoms with Crippen molar-refractivity contribution in [3.63, 3.8) is 0 Å². The Labute approximate surface area is 155 Å². The molecule has 0 saturated heterocycles. The van der Waals surface area contributed by atoms with Gasteiger partial charge in [-0.1, -0.05) is 36.4 Å². The Morgan fingerprint density at radius 2 is 1.96 bits per heavy atom. The zero-order valence-electron chi connectivity index (χ0n) is 14.7. The molecule has 1 atom stereocenters. The van der Waals surface area contributed by atoms with Gasteiger partial charge in [0.05, 0.1) is 12.6 Å². The first kappa shape index (κ1) is 19.2. The number of nitrogens with zero attached hydrogens (tertiary/aromatic N) is 1. The van der Waals surface area contributed by atoms with Crippen molar-refractivity contribution in [2.24, 2.45) is 0 Å². The summed E-state index contributed by atoms with van der Waals surface area (Å²) in [4.78, 5) is 14.3. The number of anilines is 1. The quantitative estimate of drug-likeness (QED) is 0.833. The highest BCUT2D eigenvalue weighted by molar-refractivity contribution is 5.90. The number of amides is 2. The number of benzene rings is 2. The van der Waals surface area contributed by atoms with Gasteiger partial charge in [0.15, 0.2) is 0 Å². The fraction of sp³-hybridized carbons (Fsp3) is 0.350. The predicted octanol–water partition coefficient (Wildman–Crippen LogP) is 4.31. The summed E-state index contributed by atoms with van der Waals surface area (Å²) >= 11 is 0. The molecule has 3 rings (SSSR count). The Hall–Kier alpha value is -2.54. The number of hydrogen-bond acceptors (Lipinski definition) is 2. The lowest BCUT2D eigenvalue weighted by Crippen LogP contribution is -2.43. The zero-order chi connectivity index (χ0) is 19.4. The molecule has 0 aliphatic carbocycles. The molecular weight excluding hydrogens is 357 g/mol. The average Bonchev–Trinajstić information content (AvgIpc) is 2.65. The third-order valence-electron chi connectivity index (χ3n) is 4.72. The summed E-state index contributed by atoms with van der Waals surface area (Å²) < 4.78 is 37.2. The molecule has 2 N–H and O–H groups in total. The lowest BCUT2D eigenvalue weighted by Gasteiger charge is -2.36. The minimum Gasteiger partial charge on any atom is -0.394 e. The van der Waals surface area contributed by atoms with Gasteiger partial charge in [0, 0.05) is 18.7 Å². The molecule has 2 aromatic carbocycles. The minimum absolute atomic E-state index is 0.135. The molecule has 27 heavy (non-hydrogen) atoms. The molecule has 0 aromatic heterocycles. The van der Waals surface area contributed by atoms with Gasteiger partial charge in [0.25, 0.3) is 0 Å². The Morgan fingerprint density at radius 1 is 1.19 bits per heavy atom. The van der Waals surface area contributed by atoms with Crippen LogP contribution >= 0.6 is 0 Å². The van der Waals surface area contributed by atoms with E-state index in [1.54, 1.807) is 29.2 Å². The third-order valence-corrected chi connectivity index (χ3v) is 4.72. The topological polar surface area (TPSA) is 52.6 Å². The minimum atomic E-state index is -4.21. The number of hydrogen-bond donors (Lipinski definition) is 2. The molecule has 4 nitrogen and oxygen atoms in total. The number of aliphatic hydroxyl groups excluding tert-OH is 1. The van der Waals surface area contributed by atoms with Crippen molar-refractivity contribution in [1.82, 2.24) is 4.90 Å². The van der Waals surface area contributed by atoms with E-state index in [2.05, 4.69) is 5.32 Å². The number of halogens is 3. The van der Waals surface area contributed by atoms with Crippen molar-refractivity contribution >= 4 is 11.7 Å². The second-order valence-electron chi connectivity index (χ2n) is 6.59. The molecule has 2 amide bonds. The monoisotopic (exact) mass is 378 g/mol. The third kappa shape index (κ3) is 4.80. The fourth-order valence-electron chi connectivity index (χ4n) is 3.38. The van der Waals surface area contributed by atoms with E-state index in [1.165, 1.54) is 0 Å². The standard InChI is InChI=1S/C20H21F3N2O2/c21-20(22,23)10-8-14-4-3-6-16(12-14)24-19(27)25-11-9-15-5-1-2-7-17(15)18(25)13-26/h1-7,12,18,26H,8-11,13H2,(H,24,27). The molecular formula is C20H21F3N2O2. The summed E-state index contributed by atoms with van der Waals surface area (Å²) in [7, 11) is 0. The van der Waals surface area contributed by atoms with Gasteiger partial charge in [0.1, 0.15) is 0 Å². The van der Waals surface area contributed by atoms with Crippen molar-refractivity contribution in [2.75, 3.05) is 18.5 Å². The number of fused-ring (bicyclic) bond motifs is 1. The van der Waals surface area contributed by atoms with Crippen molar-refractivity contribution < 1.29 is 23.1 Å². The predicted molar refractivity (Wildman–Crippen MR) is 96.5 cm³/mol. The summed E-state index contributed by atoms with van der Waals surface area (Å²) in [5, 5.41) is 12.5. The van der Waals surface area contributed by atoms with E-state index in [1.807, 2.05) is 24.3 Å². The van der Waals surface area contributed by atoms with E-state index in [0.717, 1.165) is 11.1 Å². The SMILES string of the molecule is O=C(Nc1cccc(CCC(F)(F)F)c1)N1CCc2ccccc2C1CO. The van der Waals surface area contributed by atoms with E-state index in [-0.39, 0.29) is 19.1 Å². The van der Waals surface area contributed by atoms with Crippen LogP contribution in [0.15, 0.2) is 48.5 Å². The summed E-state index contributed by atoms with van der Waals surface area (Å²) in [6.45, 7) is 0.262. The maximum absolute atomic E-state index is 12.7. The molecule has 144 valence electrons. The molecule has 1 heterocycles. The van der Waals surface area contributed by atoms with Crippen LogP contribution in [0.3, 0.4) is 0 Å². The normalized spacial score (nSPS) is 16.7. The van der Waals surface area contributed by atoms with Crippen LogP contribution in [0.5, 0.6) is 0 Å². The van der Waals surface area contributed by atoms with E-state index in [0.29, 0.717) is 24.2 Å². The van der Waals surface area contributed by atoms with Crippen LogP contribution in [0.4, 0.5) is 23.7 Å². The number of nitrogens with one attached hydrogen (secondary N) is 1. The second-order valence-corrected chi connectivity index (χ2v) is 6.59. The van der Waals surface area contributed by atoms with E-state index < -0.39 is 18.6 Å². The van der Waals surface area contributed by atoms with Crippen LogP contribution in [0, 0.1) is 0 Å². The van der Waals surface area contributed by atoms with Crippen molar-refractivity contribution in [1.29, 1.82) is 0 Å². The lowest BCUT2D eigenvalue weighted by molar-refractivity contribution is -0.133. The molecule has 1 aliphatic heterocycles. The maximum Gasteiger partial charge on any atom is 0.389 e. The molecule has 0 fully saturated rings. The highest BCUT2D eigenvalue weighted by Gasteiger charge is 2.30. The van der Waals surface area contributed by atoms with Crippen LogP contribution < -0.4 is 5.32 Å². The maximum atomic E-state index is 12.7. The number of alkyl halides is 3. The summed E-state index contributed by atoms with van der Waals surface area (Å²) in [5.74, 6) is 0. The molecule has 2 aromatic rings. The fourth-order valence-corrected chi connectivity index (χ4v) is 3.38. The average molecular weight is 378 g/mol. The number of urea groups is 1. The largest absolute Gasteiger partial charge is 0.394 e. The Kier molecular flexibility index (Phi) is 5.70. The molecule has 1 aliphatic rings. The van der Waals surface area contributed by atoms with Gasteiger partial charge in [-0.3, -0.25) is 0 Å². The Morgan fingerprint density at radius 3 is 2.70 bits per heavy atom. The van der Waals surface area contributed by atoms with Crippen LogP contribution in [0.2, 0.25) is 0 Å². The van der Waals surface area contributed by atoms with Gasteiger partial charge in [0.2, 0.25) is 0 Å². The number of aliphatic hydroxyl groups is 1. The van der Waals surface area contributed by atoms with Gasteiger partial charge >= 0.3 is 12.2 Å². The van der Waals surface area contributed by atoms with E-state index >= 15 is 0 Å². The first-order chi connectivity index (χ1) is 12.9.